The van der Waals surface area contributed by atoms with Gasteiger partial charge in [-0.05, 0) is 32.1 Å². The molecule has 0 saturated carbocycles. The van der Waals surface area contributed by atoms with Gasteiger partial charge in [0.2, 0.25) is 0 Å². The lowest BCUT2D eigenvalue weighted by Crippen LogP contribution is -2.55. The molecule has 2 fully saturated rings. The third kappa shape index (κ3) is 8.51. The number of carbonyl (C=O) groups is 1. The van der Waals surface area contributed by atoms with E-state index in [-0.39, 0.29) is 36.0 Å². The lowest BCUT2D eigenvalue weighted by molar-refractivity contribution is -0.142. The minimum absolute atomic E-state index is 0. The monoisotopic (exact) mass is 496 g/mol. The Hall–Kier alpha value is -0.610. The maximum atomic E-state index is 12.4. The van der Waals surface area contributed by atoms with E-state index in [9.17, 15) is 4.79 Å². The topological polar surface area (TPSA) is 66.4 Å². The molecule has 0 aromatic heterocycles. The zero-order valence-corrected chi connectivity index (χ0v) is 19.4. The fourth-order valence-corrected chi connectivity index (χ4v) is 3.21. The normalized spacial score (nSPS) is 20.7. The van der Waals surface area contributed by atoms with Crippen LogP contribution in [0.25, 0.3) is 0 Å². The van der Waals surface area contributed by atoms with Crippen molar-refractivity contribution in [2.75, 3.05) is 59.1 Å². The van der Waals surface area contributed by atoms with E-state index < -0.39 is 0 Å². The first-order valence-electron chi connectivity index (χ1n) is 10.1. The van der Waals surface area contributed by atoms with Crippen molar-refractivity contribution >= 4 is 35.8 Å². The summed E-state index contributed by atoms with van der Waals surface area (Å²) in [6.45, 7) is 13.4. The second kappa shape index (κ2) is 13.5. The number of hydrogen-bond acceptors (Lipinski definition) is 4. The highest BCUT2D eigenvalue weighted by atomic mass is 127. The summed E-state index contributed by atoms with van der Waals surface area (Å²) >= 11 is 0. The molecule has 0 aromatic rings. The SMILES string of the molecule is CCNC(=NCCCOCC(C)C)N1CCN(C(=O)C2CCCO2)CC1.I. The first kappa shape index (κ1) is 24.4. The zero-order valence-electron chi connectivity index (χ0n) is 17.1. The molecule has 8 heteroatoms. The molecule has 2 heterocycles. The predicted molar refractivity (Wildman–Crippen MR) is 119 cm³/mol. The van der Waals surface area contributed by atoms with Gasteiger partial charge in [0.15, 0.2) is 5.96 Å². The van der Waals surface area contributed by atoms with Crippen LogP contribution in [0.2, 0.25) is 0 Å². The number of nitrogens with one attached hydrogen (secondary N) is 1. The van der Waals surface area contributed by atoms with Crippen molar-refractivity contribution < 1.29 is 14.3 Å². The summed E-state index contributed by atoms with van der Waals surface area (Å²) < 4.78 is 11.1. The Morgan fingerprint density at radius 2 is 1.96 bits per heavy atom. The quantitative estimate of drug-likeness (QED) is 0.241. The second-order valence-electron chi connectivity index (χ2n) is 7.37. The van der Waals surface area contributed by atoms with E-state index in [4.69, 9.17) is 14.5 Å². The minimum atomic E-state index is -0.214. The summed E-state index contributed by atoms with van der Waals surface area (Å²) in [4.78, 5) is 21.4. The molecule has 0 aliphatic carbocycles. The molecule has 2 rings (SSSR count). The highest BCUT2D eigenvalue weighted by molar-refractivity contribution is 14.0. The van der Waals surface area contributed by atoms with Crippen LogP contribution >= 0.6 is 24.0 Å². The van der Waals surface area contributed by atoms with Crippen LogP contribution in [-0.2, 0) is 14.3 Å². The Labute approximate surface area is 181 Å². The number of aliphatic imine (C=N–C) groups is 1. The third-order valence-electron chi connectivity index (χ3n) is 4.59. The van der Waals surface area contributed by atoms with E-state index >= 15 is 0 Å². The van der Waals surface area contributed by atoms with Crippen LogP contribution in [0.1, 0.15) is 40.0 Å². The molecule has 1 amide bonds. The van der Waals surface area contributed by atoms with Crippen LogP contribution in [-0.4, -0.2) is 86.9 Å². The van der Waals surface area contributed by atoms with Gasteiger partial charge in [-0.3, -0.25) is 9.79 Å². The van der Waals surface area contributed by atoms with Crippen LogP contribution < -0.4 is 5.32 Å². The molecule has 2 saturated heterocycles. The molecule has 2 aliphatic rings. The first-order chi connectivity index (χ1) is 12.6. The number of guanidine groups is 1. The zero-order chi connectivity index (χ0) is 18.8. The molecule has 1 atom stereocenters. The van der Waals surface area contributed by atoms with Gasteiger partial charge in [0.1, 0.15) is 6.10 Å². The van der Waals surface area contributed by atoms with Crippen molar-refractivity contribution in [2.24, 2.45) is 10.9 Å². The summed E-state index contributed by atoms with van der Waals surface area (Å²) in [5.74, 6) is 1.68. The summed E-state index contributed by atoms with van der Waals surface area (Å²) in [5.41, 5.74) is 0. The van der Waals surface area contributed by atoms with Gasteiger partial charge in [-0.15, -0.1) is 24.0 Å². The van der Waals surface area contributed by atoms with Gasteiger partial charge in [-0.1, -0.05) is 13.8 Å². The Balaban J connectivity index is 0.00000364. The molecule has 0 aromatic carbocycles. The molecule has 1 unspecified atom stereocenters. The van der Waals surface area contributed by atoms with Crippen LogP contribution in [0.3, 0.4) is 0 Å². The Kier molecular flexibility index (Phi) is 12.3. The number of piperazine rings is 1. The van der Waals surface area contributed by atoms with Gasteiger partial charge in [0, 0.05) is 59.1 Å². The Bertz CT molecular complexity index is 448. The van der Waals surface area contributed by atoms with Gasteiger partial charge < -0.3 is 24.6 Å². The molecule has 0 bridgehead atoms. The number of halogens is 1. The van der Waals surface area contributed by atoms with Crippen molar-refractivity contribution in [3.8, 4) is 0 Å². The number of nitrogens with zero attached hydrogens (tertiary/aromatic N) is 3. The molecule has 158 valence electrons. The lowest BCUT2D eigenvalue weighted by Gasteiger charge is -2.37. The van der Waals surface area contributed by atoms with Crippen LogP contribution in [0.15, 0.2) is 4.99 Å². The number of amides is 1. The van der Waals surface area contributed by atoms with Gasteiger partial charge in [0.25, 0.3) is 5.91 Å². The van der Waals surface area contributed by atoms with E-state index in [1.807, 2.05) is 4.90 Å². The summed E-state index contributed by atoms with van der Waals surface area (Å²) in [6, 6.07) is 0. The summed E-state index contributed by atoms with van der Waals surface area (Å²) in [7, 11) is 0. The number of carbonyl (C=O) groups excluding carboxylic acids is 1. The average molecular weight is 496 g/mol. The molecule has 0 radical (unpaired) electrons. The van der Waals surface area contributed by atoms with Gasteiger partial charge in [-0.25, -0.2) is 0 Å². The smallest absolute Gasteiger partial charge is 0.251 e. The maximum absolute atomic E-state index is 12.4. The number of rotatable bonds is 8. The van der Waals surface area contributed by atoms with Crippen molar-refractivity contribution in [3.05, 3.63) is 0 Å². The highest BCUT2D eigenvalue weighted by Gasteiger charge is 2.30. The summed E-state index contributed by atoms with van der Waals surface area (Å²) in [6.07, 6.45) is 2.57. The van der Waals surface area contributed by atoms with E-state index in [2.05, 4.69) is 31.0 Å². The van der Waals surface area contributed by atoms with Crippen LogP contribution in [0.5, 0.6) is 0 Å². The molecule has 1 N–H and O–H groups in total. The molecule has 27 heavy (non-hydrogen) atoms. The standard InChI is InChI=1S/C19H36N4O3.HI/c1-4-20-19(21-8-6-13-25-15-16(2)3)23-11-9-22(10-12-23)18(24)17-7-5-14-26-17;/h16-17H,4-15H2,1-3H3,(H,20,21);1H. The lowest BCUT2D eigenvalue weighted by atomic mass is 10.2. The molecular weight excluding hydrogens is 459 g/mol. The van der Waals surface area contributed by atoms with Gasteiger partial charge in [0.05, 0.1) is 0 Å². The van der Waals surface area contributed by atoms with Crippen LogP contribution in [0, 0.1) is 5.92 Å². The number of ether oxygens (including phenoxy) is 2. The fourth-order valence-electron chi connectivity index (χ4n) is 3.21. The van der Waals surface area contributed by atoms with E-state index in [0.29, 0.717) is 12.5 Å². The Morgan fingerprint density at radius 1 is 1.26 bits per heavy atom. The van der Waals surface area contributed by atoms with Crippen molar-refractivity contribution in [1.82, 2.24) is 15.1 Å². The van der Waals surface area contributed by atoms with E-state index in [0.717, 1.165) is 77.7 Å². The predicted octanol–water partition coefficient (Wildman–Crippen LogP) is 1.96. The highest BCUT2D eigenvalue weighted by Crippen LogP contribution is 2.16. The molecule has 2 aliphatic heterocycles. The first-order valence-corrected chi connectivity index (χ1v) is 10.1. The largest absolute Gasteiger partial charge is 0.381 e. The molecule has 7 nitrogen and oxygen atoms in total. The van der Waals surface area contributed by atoms with Crippen molar-refractivity contribution in [2.45, 2.75) is 46.1 Å². The van der Waals surface area contributed by atoms with Crippen LogP contribution in [0.4, 0.5) is 0 Å². The molecule has 0 spiro atoms. The third-order valence-corrected chi connectivity index (χ3v) is 4.59. The van der Waals surface area contributed by atoms with E-state index in [1.165, 1.54) is 0 Å². The van der Waals surface area contributed by atoms with Crippen molar-refractivity contribution in [3.63, 3.8) is 0 Å². The summed E-state index contributed by atoms with van der Waals surface area (Å²) in [5, 5.41) is 3.37. The Morgan fingerprint density at radius 3 is 2.56 bits per heavy atom. The van der Waals surface area contributed by atoms with Crippen molar-refractivity contribution in [1.29, 1.82) is 0 Å². The van der Waals surface area contributed by atoms with E-state index in [1.54, 1.807) is 0 Å². The average Bonchev–Trinajstić information content (AvgIpc) is 3.17. The fraction of sp³-hybridized carbons (Fsp3) is 0.895. The minimum Gasteiger partial charge on any atom is -0.381 e. The number of hydrogen-bond donors (Lipinski definition) is 1. The van der Waals surface area contributed by atoms with Gasteiger partial charge in [-0.2, -0.15) is 0 Å². The maximum Gasteiger partial charge on any atom is 0.251 e. The second-order valence-corrected chi connectivity index (χ2v) is 7.37. The van der Waals surface area contributed by atoms with Gasteiger partial charge >= 0.3 is 0 Å². The molecular formula is C19H37IN4O3.